The van der Waals surface area contributed by atoms with Gasteiger partial charge in [0, 0.05) is 18.7 Å². The summed E-state index contributed by atoms with van der Waals surface area (Å²) in [6.07, 6.45) is 7.16. The third-order valence-corrected chi connectivity index (χ3v) is 6.25. The molecule has 1 saturated heterocycles. The lowest BCUT2D eigenvalue weighted by Crippen LogP contribution is -2.23. The Morgan fingerprint density at radius 1 is 1.19 bits per heavy atom. The molecule has 2 heterocycles. The fourth-order valence-corrected chi connectivity index (χ4v) is 4.58. The summed E-state index contributed by atoms with van der Waals surface area (Å²) in [5.74, 6) is 6.64. The Bertz CT molecular complexity index is 980. The van der Waals surface area contributed by atoms with Crippen LogP contribution in [0.25, 0.3) is 11.3 Å². The summed E-state index contributed by atoms with van der Waals surface area (Å²) in [6.45, 7) is 4.29. The molecule has 2 aliphatic rings. The molecule has 1 aromatic carbocycles. The minimum atomic E-state index is -0.562. The summed E-state index contributed by atoms with van der Waals surface area (Å²) in [5, 5.41) is 4.73. The van der Waals surface area contributed by atoms with Gasteiger partial charge < -0.3 is 16.2 Å². The van der Waals surface area contributed by atoms with Gasteiger partial charge in [-0.15, -0.1) is 5.92 Å². The summed E-state index contributed by atoms with van der Waals surface area (Å²) in [5.41, 5.74) is 13.7. The molecule has 7 nitrogen and oxygen atoms in total. The number of aromatic nitrogens is 2. The molecular weight excluding hydrogens is 390 g/mol. The number of nitrogens with zero attached hydrogens (tertiary/aromatic N) is 3. The first-order chi connectivity index (χ1) is 15.1. The molecule has 0 radical (unpaired) electrons. The van der Waals surface area contributed by atoms with E-state index in [4.69, 9.17) is 21.3 Å². The lowest BCUT2D eigenvalue weighted by molar-refractivity contribution is 0.100. The van der Waals surface area contributed by atoms with Crippen molar-refractivity contribution in [3.63, 3.8) is 0 Å². The third kappa shape index (κ3) is 4.70. The topological polar surface area (TPSA) is 99.4 Å². The molecule has 31 heavy (non-hydrogen) atoms. The second-order valence-electron chi connectivity index (χ2n) is 8.42. The Hall–Kier alpha value is -2.98. The van der Waals surface area contributed by atoms with Crippen molar-refractivity contribution in [1.82, 2.24) is 14.7 Å². The molecule has 7 heteroatoms. The van der Waals surface area contributed by atoms with Crippen LogP contribution in [-0.4, -0.2) is 46.3 Å². The normalized spacial score (nSPS) is 19.7. The van der Waals surface area contributed by atoms with Gasteiger partial charge in [-0.1, -0.05) is 12.3 Å². The lowest BCUT2D eigenvalue weighted by Gasteiger charge is -2.23. The molecule has 2 fully saturated rings. The van der Waals surface area contributed by atoms with Gasteiger partial charge in [-0.2, -0.15) is 5.10 Å². The molecular formula is C24H31N5O2. The Morgan fingerprint density at radius 2 is 1.94 bits per heavy atom. The van der Waals surface area contributed by atoms with Crippen molar-refractivity contribution in [2.24, 2.45) is 5.73 Å². The molecule has 0 spiro atoms. The van der Waals surface area contributed by atoms with Crippen molar-refractivity contribution < 1.29 is 9.53 Å². The maximum atomic E-state index is 12.2. The Morgan fingerprint density at radius 3 is 2.61 bits per heavy atom. The molecule has 1 aliphatic carbocycles. The SMILES string of the molecule is CC#CCN1CC[C@@H](n2nc(-c3ccc(OC4CCCCC4)cc3)c(C(N)=O)c2N)C1. The van der Waals surface area contributed by atoms with Crippen LogP contribution in [0.15, 0.2) is 24.3 Å². The number of likely N-dealkylation sites (tertiary alicyclic amines) is 1. The van der Waals surface area contributed by atoms with Crippen LogP contribution in [0.3, 0.4) is 0 Å². The van der Waals surface area contributed by atoms with E-state index in [-0.39, 0.29) is 11.6 Å². The lowest BCUT2D eigenvalue weighted by atomic mass is 9.98. The van der Waals surface area contributed by atoms with Crippen LogP contribution >= 0.6 is 0 Å². The number of carbonyl (C=O) groups excluding carboxylic acids is 1. The van der Waals surface area contributed by atoms with Gasteiger partial charge in [-0.05, 0) is 63.3 Å². The number of hydrogen-bond donors (Lipinski definition) is 2. The van der Waals surface area contributed by atoms with Gasteiger partial charge in [0.1, 0.15) is 22.8 Å². The first kappa shape index (κ1) is 21.3. The van der Waals surface area contributed by atoms with E-state index in [9.17, 15) is 4.79 Å². The van der Waals surface area contributed by atoms with Gasteiger partial charge in [0.2, 0.25) is 0 Å². The monoisotopic (exact) mass is 421 g/mol. The third-order valence-electron chi connectivity index (χ3n) is 6.25. The molecule has 4 rings (SSSR count). The minimum Gasteiger partial charge on any atom is -0.490 e. The van der Waals surface area contributed by atoms with Gasteiger partial charge in [0.15, 0.2) is 0 Å². The Kier molecular flexibility index (Phi) is 6.47. The zero-order valence-corrected chi connectivity index (χ0v) is 18.1. The number of carbonyl (C=O) groups is 1. The number of benzene rings is 1. The molecule has 4 N–H and O–H groups in total. The van der Waals surface area contributed by atoms with Crippen LogP contribution in [0.4, 0.5) is 5.82 Å². The summed E-state index contributed by atoms with van der Waals surface area (Å²) in [7, 11) is 0. The summed E-state index contributed by atoms with van der Waals surface area (Å²) in [6, 6.07) is 7.82. The first-order valence-electron chi connectivity index (χ1n) is 11.1. The number of nitrogens with two attached hydrogens (primary N) is 2. The van der Waals surface area contributed by atoms with Gasteiger partial charge in [-0.3, -0.25) is 9.69 Å². The standard InChI is InChI=1S/C24H31N5O2/c1-2-3-14-28-15-13-18(16-28)29-23(25)21(24(26)30)22(27-29)17-9-11-20(12-10-17)31-19-7-5-4-6-8-19/h9-12,18-19H,4-8,13-16,25H2,1H3,(H2,26,30)/t18-/m1/s1. The number of nitrogen functional groups attached to an aromatic ring is 1. The second-order valence-corrected chi connectivity index (χ2v) is 8.42. The zero-order valence-electron chi connectivity index (χ0n) is 18.1. The van der Waals surface area contributed by atoms with E-state index in [2.05, 4.69) is 16.7 Å². The number of primary amides is 1. The largest absolute Gasteiger partial charge is 0.490 e. The van der Waals surface area contributed by atoms with Crippen LogP contribution in [0.2, 0.25) is 0 Å². The molecule has 1 aromatic heterocycles. The molecule has 1 aliphatic heterocycles. The Labute approximate surface area is 183 Å². The van der Waals surface area contributed by atoms with Crippen LogP contribution < -0.4 is 16.2 Å². The predicted octanol–water partition coefficient (Wildman–Crippen LogP) is 3.21. The number of hydrogen-bond acceptors (Lipinski definition) is 5. The van der Waals surface area contributed by atoms with Crippen LogP contribution in [0.5, 0.6) is 5.75 Å². The highest BCUT2D eigenvalue weighted by Gasteiger charge is 2.29. The van der Waals surface area contributed by atoms with E-state index in [1.165, 1.54) is 19.3 Å². The molecule has 1 saturated carbocycles. The average molecular weight is 422 g/mol. The van der Waals surface area contributed by atoms with Crippen LogP contribution in [0.1, 0.15) is 61.8 Å². The van der Waals surface area contributed by atoms with E-state index >= 15 is 0 Å². The second kappa shape index (κ2) is 9.44. The van der Waals surface area contributed by atoms with E-state index < -0.39 is 5.91 Å². The van der Waals surface area contributed by atoms with Crippen LogP contribution in [0, 0.1) is 11.8 Å². The molecule has 1 atom stereocenters. The first-order valence-corrected chi connectivity index (χ1v) is 11.1. The molecule has 2 aromatic rings. The smallest absolute Gasteiger partial charge is 0.254 e. The van der Waals surface area contributed by atoms with Gasteiger partial charge >= 0.3 is 0 Å². The molecule has 164 valence electrons. The highest BCUT2D eigenvalue weighted by Crippen LogP contribution is 2.33. The van der Waals surface area contributed by atoms with Gasteiger partial charge in [-0.25, -0.2) is 4.68 Å². The average Bonchev–Trinajstić information content (AvgIpc) is 3.38. The summed E-state index contributed by atoms with van der Waals surface area (Å²) in [4.78, 5) is 14.5. The van der Waals surface area contributed by atoms with E-state index in [1.54, 1.807) is 4.68 Å². The highest BCUT2D eigenvalue weighted by atomic mass is 16.5. The van der Waals surface area contributed by atoms with Gasteiger partial charge in [0.05, 0.1) is 18.7 Å². The quantitative estimate of drug-likeness (QED) is 0.698. The number of anilines is 1. The molecule has 0 bridgehead atoms. The number of amides is 1. The van der Waals surface area contributed by atoms with E-state index in [0.29, 0.717) is 17.6 Å². The van der Waals surface area contributed by atoms with Crippen molar-refractivity contribution in [3.05, 3.63) is 29.8 Å². The fraction of sp³-hybridized carbons (Fsp3) is 0.500. The van der Waals surface area contributed by atoms with Crippen molar-refractivity contribution >= 4 is 11.7 Å². The number of ether oxygens (including phenoxy) is 1. The van der Waals surface area contributed by atoms with Crippen molar-refractivity contribution in [3.8, 4) is 28.8 Å². The minimum absolute atomic E-state index is 0.0967. The van der Waals surface area contributed by atoms with Crippen molar-refractivity contribution in [2.75, 3.05) is 25.4 Å². The summed E-state index contributed by atoms with van der Waals surface area (Å²) < 4.78 is 7.88. The van der Waals surface area contributed by atoms with Crippen LogP contribution in [-0.2, 0) is 0 Å². The number of rotatable bonds is 6. The maximum Gasteiger partial charge on any atom is 0.254 e. The van der Waals surface area contributed by atoms with E-state index in [0.717, 1.165) is 50.2 Å². The highest BCUT2D eigenvalue weighted by molar-refractivity contribution is 6.03. The molecule has 1 amide bonds. The summed E-state index contributed by atoms with van der Waals surface area (Å²) >= 11 is 0. The van der Waals surface area contributed by atoms with Crippen molar-refractivity contribution in [2.45, 2.75) is 57.6 Å². The fourth-order valence-electron chi connectivity index (χ4n) is 4.58. The molecule has 0 unspecified atom stereocenters. The maximum absolute atomic E-state index is 12.2. The predicted molar refractivity (Wildman–Crippen MR) is 122 cm³/mol. The Balaban J connectivity index is 1.55. The zero-order chi connectivity index (χ0) is 21.8. The van der Waals surface area contributed by atoms with Crippen molar-refractivity contribution in [1.29, 1.82) is 0 Å². The van der Waals surface area contributed by atoms with Gasteiger partial charge in [0.25, 0.3) is 5.91 Å². The van der Waals surface area contributed by atoms with E-state index in [1.807, 2.05) is 31.2 Å².